The number of hydrogen-bond donors (Lipinski definition) is 1. The van der Waals surface area contributed by atoms with Crippen molar-refractivity contribution >= 4 is 40.8 Å². The number of halogens is 1. The van der Waals surface area contributed by atoms with Crippen LogP contribution >= 0.6 is 11.6 Å². The molecule has 1 amide bonds. The van der Waals surface area contributed by atoms with Crippen molar-refractivity contribution in [1.29, 1.82) is 0 Å². The van der Waals surface area contributed by atoms with Crippen molar-refractivity contribution in [2.24, 2.45) is 5.92 Å². The standard InChI is InChI=1S/C32H39ClN2O5/c1-21-6-11-25(12-7-21)34-32(38)30(18-23-8-13-26(39-4)14-9-23)35(3)20-31(40-5)28(16-17-36)29-19-24(33)10-15-27(29)22(2)37/h6-7,10-12,15-17,19-20,23,26,30H,8-9,13-14,18H2,1-5H3,(H,34,38)/b28-16-,31-20+. The van der Waals surface area contributed by atoms with Gasteiger partial charge < -0.3 is 19.7 Å². The van der Waals surface area contributed by atoms with Crippen LogP contribution in [0.5, 0.6) is 0 Å². The SMILES string of the molecule is COC(=C/N(C)C(CC1CCC(OC)CC1)C(=O)Nc1ccc(C)cc1)/C(=C\C=O)c1cc(Cl)ccc1C(C)=O. The molecule has 214 valence electrons. The molecular formula is C32H39ClN2O5. The van der Waals surface area contributed by atoms with Gasteiger partial charge in [0, 0.05) is 42.2 Å². The number of nitrogens with one attached hydrogen (secondary N) is 1. The second-order valence-corrected chi connectivity index (χ2v) is 10.7. The van der Waals surface area contributed by atoms with Gasteiger partial charge in [-0.1, -0.05) is 29.3 Å². The number of carbonyl (C=O) groups excluding carboxylic acids is 3. The van der Waals surface area contributed by atoms with E-state index in [-0.39, 0.29) is 17.8 Å². The number of methoxy groups -OCH3 is 2. The minimum atomic E-state index is -0.514. The lowest BCUT2D eigenvalue weighted by atomic mass is 9.83. The van der Waals surface area contributed by atoms with Gasteiger partial charge in [-0.2, -0.15) is 0 Å². The third kappa shape index (κ3) is 8.29. The molecule has 8 heteroatoms. The smallest absolute Gasteiger partial charge is 0.247 e. The van der Waals surface area contributed by atoms with E-state index in [1.54, 1.807) is 31.5 Å². The molecule has 3 rings (SSSR count). The minimum Gasteiger partial charge on any atom is -0.495 e. The predicted molar refractivity (Wildman–Crippen MR) is 159 cm³/mol. The van der Waals surface area contributed by atoms with Crippen LogP contribution in [0.25, 0.3) is 5.57 Å². The largest absolute Gasteiger partial charge is 0.495 e. The first-order valence-electron chi connectivity index (χ1n) is 13.5. The van der Waals surface area contributed by atoms with Crippen LogP contribution in [0.15, 0.2) is 60.5 Å². The normalized spacial score (nSPS) is 18.6. The van der Waals surface area contributed by atoms with Crippen molar-refractivity contribution in [1.82, 2.24) is 4.90 Å². The summed E-state index contributed by atoms with van der Waals surface area (Å²) in [5, 5.41) is 3.48. The summed E-state index contributed by atoms with van der Waals surface area (Å²) in [7, 11) is 5.06. The van der Waals surface area contributed by atoms with Gasteiger partial charge in [-0.15, -0.1) is 0 Å². The molecule has 1 aliphatic carbocycles. The molecule has 1 N–H and O–H groups in total. The number of likely N-dealkylation sites (N-methyl/N-ethyl adjacent to an activating group) is 1. The molecule has 0 saturated heterocycles. The predicted octanol–water partition coefficient (Wildman–Crippen LogP) is 6.46. The van der Waals surface area contributed by atoms with Gasteiger partial charge in [0.1, 0.15) is 18.1 Å². The van der Waals surface area contributed by atoms with E-state index in [1.807, 2.05) is 43.1 Å². The summed E-state index contributed by atoms with van der Waals surface area (Å²) in [4.78, 5) is 39.6. The van der Waals surface area contributed by atoms with Crippen LogP contribution in [-0.2, 0) is 19.1 Å². The number of nitrogens with zero attached hydrogens (tertiary/aromatic N) is 1. The Hall–Kier alpha value is -3.42. The molecule has 1 unspecified atom stereocenters. The molecule has 0 aliphatic heterocycles. The van der Waals surface area contributed by atoms with Gasteiger partial charge in [0.05, 0.1) is 13.2 Å². The van der Waals surface area contributed by atoms with E-state index in [2.05, 4.69) is 5.32 Å². The highest BCUT2D eigenvalue weighted by Gasteiger charge is 2.30. The third-order valence-electron chi connectivity index (χ3n) is 7.49. The monoisotopic (exact) mass is 566 g/mol. The zero-order chi connectivity index (χ0) is 29.2. The van der Waals surface area contributed by atoms with Crippen LogP contribution < -0.4 is 5.32 Å². The van der Waals surface area contributed by atoms with E-state index < -0.39 is 6.04 Å². The van der Waals surface area contributed by atoms with Crippen LogP contribution in [0, 0.1) is 12.8 Å². The van der Waals surface area contributed by atoms with Crippen LogP contribution in [0.4, 0.5) is 5.69 Å². The number of hydrogen-bond acceptors (Lipinski definition) is 6. The topological polar surface area (TPSA) is 84.9 Å². The lowest BCUT2D eigenvalue weighted by molar-refractivity contribution is -0.120. The summed E-state index contributed by atoms with van der Waals surface area (Å²) in [6.45, 7) is 3.45. The van der Waals surface area contributed by atoms with E-state index in [4.69, 9.17) is 21.1 Å². The Kier molecular flexibility index (Phi) is 11.5. The summed E-state index contributed by atoms with van der Waals surface area (Å²) >= 11 is 6.27. The number of ether oxygens (including phenoxy) is 2. The van der Waals surface area contributed by atoms with E-state index >= 15 is 0 Å². The number of rotatable bonds is 12. The van der Waals surface area contributed by atoms with Crippen molar-refractivity contribution in [2.45, 2.75) is 58.1 Å². The Morgan fingerprint density at radius 2 is 1.75 bits per heavy atom. The van der Waals surface area contributed by atoms with Gasteiger partial charge in [0.15, 0.2) is 5.78 Å². The number of aldehydes is 1. The zero-order valence-electron chi connectivity index (χ0n) is 23.9. The lowest BCUT2D eigenvalue weighted by Crippen LogP contribution is -2.41. The van der Waals surface area contributed by atoms with E-state index in [9.17, 15) is 14.4 Å². The maximum atomic E-state index is 13.7. The molecule has 7 nitrogen and oxygen atoms in total. The number of anilines is 1. The Labute approximate surface area is 242 Å². The molecule has 0 heterocycles. The Morgan fingerprint density at radius 1 is 1.07 bits per heavy atom. The molecule has 1 fully saturated rings. The van der Waals surface area contributed by atoms with Crippen LogP contribution in [-0.4, -0.2) is 56.3 Å². The fourth-order valence-corrected chi connectivity index (χ4v) is 5.34. The first-order chi connectivity index (χ1) is 19.2. The molecule has 1 aliphatic rings. The first kappa shape index (κ1) is 31.1. The van der Waals surface area contributed by atoms with Gasteiger partial charge in [-0.05, 0) is 93.8 Å². The molecule has 0 aromatic heterocycles. The Bertz CT molecular complexity index is 1250. The van der Waals surface area contributed by atoms with E-state index in [0.717, 1.165) is 36.9 Å². The second kappa shape index (κ2) is 14.8. The van der Waals surface area contributed by atoms with Crippen molar-refractivity contribution in [3.8, 4) is 0 Å². The molecule has 1 atom stereocenters. The molecule has 40 heavy (non-hydrogen) atoms. The summed E-state index contributed by atoms with van der Waals surface area (Å²) in [6, 6.07) is 12.1. The van der Waals surface area contributed by atoms with Crippen LogP contribution in [0.2, 0.25) is 5.02 Å². The number of amides is 1. The number of allylic oxidation sites excluding steroid dienone is 2. The highest BCUT2D eigenvalue weighted by atomic mass is 35.5. The van der Waals surface area contributed by atoms with Crippen LogP contribution in [0.3, 0.4) is 0 Å². The summed E-state index contributed by atoms with van der Waals surface area (Å²) in [5.74, 6) is 0.370. The van der Waals surface area contributed by atoms with Gasteiger partial charge in [-0.25, -0.2) is 0 Å². The number of aryl methyl sites for hydroxylation is 1. The van der Waals surface area contributed by atoms with Crippen molar-refractivity contribution in [3.63, 3.8) is 0 Å². The summed E-state index contributed by atoms with van der Waals surface area (Å²) < 4.78 is 11.3. The van der Waals surface area contributed by atoms with Crippen molar-refractivity contribution in [2.75, 3.05) is 26.6 Å². The maximum Gasteiger partial charge on any atom is 0.247 e. The first-order valence-corrected chi connectivity index (χ1v) is 13.9. The fourth-order valence-electron chi connectivity index (χ4n) is 5.17. The average Bonchev–Trinajstić information content (AvgIpc) is 2.94. The molecular weight excluding hydrogens is 528 g/mol. The summed E-state index contributed by atoms with van der Waals surface area (Å²) in [5.41, 5.74) is 3.11. The van der Waals surface area contributed by atoms with Gasteiger partial charge in [0.25, 0.3) is 0 Å². The second-order valence-electron chi connectivity index (χ2n) is 10.3. The Morgan fingerprint density at radius 3 is 2.33 bits per heavy atom. The zero-order valence-corrected chi connectivity index (χ0v) is 24.7. The molecule has 0 radical (unpaired) electrons. The van der Waals surface area contributed by atoms with Gasteiger partial charge in [-0.3, -0.25) is 14.4 Å². The number of Topliss-reactive ketones (excluding diaryl/α,β-unsaturated/α-hetero) is 1. The Balaban J connectivity index is 1.97. The fraction of sp³-hybridized carbons (Fsp3) is 0.406. The number of ketones is 1. The molecule has 0 spiro atoms. The molecule has 1 saturated carbocycles. The highest BCUT2D eigenvalue weighted by molar-refractivity contribution is 6.31. The number of carbonyl (C=O) groups is 3. The minimum absolute atomic E-state index is 0.139. The van der Waals surface area contributed by atoms with Crippen molar-refractivity contribution < 1.29 is 23.9 Å². The molecule has 2 aromatic carbocycles. The average molecular weight is 567 g/mol. The van der Waals surface area contributed by atoms with E-state index in [0.29, 0.717) is 46.1 Å². The quantitative estimate of drug-likeness (QED) is 0.104. The maximum absolute atomic E-state index is 13.7. The summed E-state index contributed by atoms with van der Waals surface area (Å²) in [6.07, 6.45) is 8.47. The molecule has 2 aromatic rings. The number of benzene rings is 2. The highest BCUT2D eigenvalue weighted by Crippen LogP contribution is 2.33. The third-order valence-corrected chi connectivity index (χ3v) is 7.72. The van der Waals surface area contributed by atoms with Crippen LogP contribution in [0.1, 0.15) is 60.5 Å². The lowest BCUT2D eigenvalue weighted by Gasteiger charge is -2.33. The van der Waals surface area contributed by atoms with Gasteiger partial charge in [0.2, 0.25) is 5.91 Å². The van der Waals surface area contributed by atoms with Crippen molar-refractivity contribution in [3.05, 3.63) is 82.2 Å². The molecule has 0 bridgehead atoms. The van der Waals surface area contributed by atoms with Gasteiger partial charge >= 0.3 is 0 Å². The van der Waals surface area contributed by atoms with E-state index in [1.165, 1.54) is 20.1 Å².